The van der Waals surface area contributed by atoms with Crippen molar-refractivity contribution in [3.05, 3.63) is 65.7 Å². The molecule has 1 N–H and O–H groups in total. The zero-order valence-electron chi connectivity index (χ0n) is 16.4. The molecule has 2 heterocycles. The van der Waals surface area contributed by atoms with Crippen LogP contribution in [0.25, 0.3) is 0 Å². The molecule has 146 valence electrons. The summed E-state index contributed by atoms with van der Waals surface area (Å²) in [4.78, 5) is 2.29. The van der Waals surface area contributed by atoms with Gasteiger partial charge >= 0.3 is 5.17 Å². The van der Waals surface area contributed by atoms with Gasteiger partial charge in [0.15, 0.2) is 6.54 Å². The molecule has 28 heavy (non-hydrogen) atoms. The van der Waals surface area contributed by atoms with Crippen LogP contribution in [0.3, 0.4) is 0 Å². The standard InChI is InChI=1S/C24H29N2OS/c27-24(21-14-12-20(13-15-21)19-8-3-1-4-9-19)18-25(22-10-5-2-6-11-22)23-26(24)16-7-17-28-23/h2,5-6,10-15,19,27H,1,3-4,7-9,16-18H2/q+1. The largest absolute Gasteiger partial charge is 0.346 e. The number of benzene rings is 2. The minimum atomic E-state index is -0.955. The fraction of sp³-hybridized carbons (Fsp3) is 0.458. The molecule has 0 aromatic heterocycles. The van der Waals surface area contributed by atoms with Gasteiger partial charge in [-0.2, -0.15) is 0 Å². The number of aliphatic hydroxyl groups is 1. The van der Waals surface area contributed by atoms with Crippen molar-refractivity contribution < 1.29 is 9.68 Å². The first-order valence-corrected chi connectivity index (χ1v) is 11.7. The Bertz CT molecular complexity index is 858. The Hall–Kier alpha value is -1.78. The average Bonchev–Trinajstić information content (AvgIpc) is 3.09. The number of hydrogen-bond donors (Lipinski definition) is 1. The number of thioether (sulfide) groups is 1. The van der Waals surface area contributed by atoms with Crippen molar-refractivity contribution in [3.8, 4) is 0 Å². The van der Waals surface area contributed by atoms with Gasteiger partial charge < -0.3 is 5.11 Å². The predicted octanol–water partition coefficient (Wildman–Crippen LogP) is 4.91. The maximum Gasteiger partial charge on any atom is 0.316 e. The average molecular weight is 394 g/mol. The Kier molecular flexibility index (Phi) is 4.93. The molecule has 1 unspecified atom stereocenters. The third kappa shape index (κ3) is 3.17. The Morgan fingerprint density at radius 1 is 0.929 bits per heavy atom. The molecule has 0 radical (unpaired) electrons. The SMILES string of the molecule is OC1(c2ccc(C3CCCCC3)cc2)CN(c2ccccc2)C2=[N+]1CCCS2. The van der Waals surface area contributed by atoms with Crippen molar-refractivity contribution in [2.45, 2.75) is 50.2 Å². The van der Waals surface area contributed by atoms with Gasteiger partial charge in [-0.25, -0.2) is 9.48 Å². The van der Waals surface area contributed by atoms with Crippen molar-refractivity contribution in [2.24, 2.45) is 0 Å². The molecule has 2 aromatic rings. The summed E-state index contributed by atoms with van der Waals surface area (Å²) in [6.45, 7) is 1.49. The summed E-state index contributed by atoms with van der Waals surface area (Å²) in [7, 11) is 0. The van der Waals surface area contributed by atoms with Crippen LogP contribution < -0.4 is 4.90 Å². The first kappa shape index (κ1) is 18.3. The van der Waals surface area contributed by atoms with Gasteiger partial charge in [-0.15, -0.1) is 0 Å². The van der Waals surface area contributed by atoms with Gasteiger partial charge in [-0.05, 0) is 54.6 Å². The van der Waals surface area contributed by atoms with E-state index < -0.39 is 5.72 Å². The summed E-state index contributed by atoms with van der Waals surface area (Å²) in [5.41, 5.74) is 2.67. The Morgan fingerprint density at radius 2 is 1.68 bits per heavy atom. The number of hydrogen-bond acceptors (Lipinski definition) is 3. The second-order valence-electron chi connectivity index (χ2n) is 8.33. The molecule has 0 bridgehead atoms. The summed E-state index contributed by atoms with van der Waals surface area (Å²) in [5, 5.41) is 13.0. The van der Waals surface area contributed by atoms with Gasteiger partial charge in [0.1, 0.15) is 5.69 Å². The molecule has 0 spiro atoms. The van der Waals surface area contributed by atoms with Crippen molar-refractivity contribution >= 4 is 22.6 Å². The second kappa shape index (κ2) is 7.57. The van der Waals surface area contributed by atoms with Crippen LogP contribution in [0.15, 0.2) is 54.6 Å². The van der Waals surface area contributed by atoms with Gasteiger partial charge in [-0.1, -0.05) is 61.7 Å². The quantitative estimate of drug-likeness (QED) is 0.751. The summed E-state index contributed by atoms with van der Waals surface area (Å²) < 4.78 is 2.23. The second-order valence-corrected chi connectivity index (χ2v) is 9.39. The van der Waals surface area contributed by atoms with E-state index in [9.17, 15) is 5.11 Å². The zero-order chi connectivity index (χ0) is 19.0. The summed E-state index contributed by atoms with van der Waals surface area (Å²) >= 11 is 1.87. The molecule has 0 amide bonds. The fourth-order valence-corrected chi connectivity index (χ4v) is 6.19. The van der Waals surface area contributed by atoms with Crippen molar-refractivity contribution in [1.82, 2.24) is 0 Å². The Morgan fingerprint density at radius 3 is 2.43 bits per heavy atom. The van der Waals surface area contributed by atoms with Crippen LogP contribution >= 0.6 is 11.8 Å². The third-order valence-electron chi connectivity index (χ3n) is 6.56. The summed E-state index contributed by atoms with van der Waals surface area (Å²) in [6, 6.07) is 19.4. The molecular weight excluding hydrogens is 364 g/mol. The minimum absolute atomic E-state index is 0.585. The zero-order valence-corrected chi connectivity index (χ0v) is 17.2. The monoisotopic (exact) mass is 393 g/mol. The molecule has 3 aliphatic rings. The predicted molar refractivity (Wildman–Crippen MR) is 117 cm³/mol. The van der Waals surface area contributed by atoms with Crippen LogP contribution in [-0.2, 0) is 5.72 Å². The van der Waals surface area contributed by atoms with Crippen LogP contribution in [0.2, 0.25) is 0 Å². The number of para-hydroxylation sites is 1. The summed E-state index contributed by atoms with van der Waals surface area (Å²) in [5.74, 6) is 1.82. The molecule has 4 heteroatoms. The lowest BCUT2D eigenvalue weighted by Crippen LogP contribution is -2.41. The first-order chi connectivity index (χ1) is 13.8. The molecule has 5 rings (SSSR count). The number of anilines is 1. The number of β-amino-alcohol motifs (C(OH)–C–C–N with tert-alkyl or cyclic N) is 1. The maximum absolute atomic E-state index is 11.8. The van der Waals surface area contributed by atoms with Crippen molar-refractivity contribution in [1.29, 1.82) is 0 Å². The van der Waals surface area contributed by atoms with E-state index in [-0.39, 0.29) is 0 Å². The van der Waals surface area contributed by atoms with E-state index in [0.717, 1.165) is 30.0 Å². The van der Waals surface area contributed by atoms with Crippen molar-refractivity contribution in [3.63, 3.8) is 0 Å². The fourth-order valence-electron chi connectivity index (χ4n) is 5.01. The molecule has 2 aliphatic heterocycles. The van der Waals surface area contributed by atoms with Crippen LogP contribution in [0, 0.1) is 0 Å². The number of amidine groups is 1. The highest BCUT2D eigenvalue weighted by Crippen LogP contribution is 2.39. The van der Waals surface area contributed by atoms with Gasteiger partial charge in [0.2, 0.25) is 0 Å². The molecule has 1 saturated carbocycles. The van der Waals surface area contributed by atoms with Gasteiger partial charge in [0, 0.05) is 11.3 Å². The smallest absolute Gasteiger partial charge is 0.316 e. The third-order valence-corrected chi connectivity index (χ3v) is 7.75. The highest BCUT2D eigenvalue weighted by Gasteiger charge is 2.53. The first-order valence-electron chi connectivity index (χ1n) is 10.7. The van der Waals surface area contributed by atoms with E-state index >= 15 is 0 Å². The van der Waals surface area contributed by atoms with Crippen LogP contribution in [0.4, 0.5) is 5.69 Å². The van der Waals surface area contributed by atoms with E-state index in [0.29, 0.717) is 12.5 Å². The minimum Gasteiger partial charge on any atom is -0.346 e. The Labute approximate surface area is 172 Å². The van der Waals surface area contributed by atoms with Crippen LogP contribution in [-0.4, -0.2) is 33.7 Å². The molecule has 1 atom stereocenters. The molecule has 0 saturated heterocycles. The maximum atomic E-state index is 11.8. The lowest BCUT2D eigenvalue weighted by atomic mass is 9.83. The molecule has 2 aromatic carbocycles. The van der Waals surface area contributed by atoms with Gasteiger partial charge in [0.05, 0.1) is 6.54 Å². The van der Waals surface area contributed by atoms with E-state index in [1.165, 1.54) is 42.8 Å². The number of rotatable bonds is 3. The molecule has 3 nitrogen and oxygen atoms in total. The topological polar surface area (TPSA) is 26.5 Å². The van der Waals surface area contributed by atoms with Crippen LogP contribution in [0.1, 0.15) is 55.6 Å². The van der Waals surface area contributed by atoms with E-state index in [1.54, 1.807) is 0 Å². The normalized spacial score (nSPS) is 25.8. The van der Waals surface area contributed by atoms with Crippen molar-refractivity contribution in [2.75, 3.05) is 23.7 Å². The van der Waals surface area contributed by atoms with Gasteiger partial charge in [-0.3, -0.25) is 0 Å². The lowest BCUT2D eigenvalue weighted by molar-refractivity contribution is -0.656. The van der Waals surface area contributed by atoms with E-state index in [4.69, 9.17) is 0 Å². The number of nitrogens with zero attached hydrogens (tertiary/aromatic N) is 2. The highest BCUT2D eigenvalue weighted by molar-refractivity contribution is 8.13. The Balaban J connectivity index is 1.47. The summed E-state index contributed by atoms with van der Waals surface area (Å²) in [6.07, 6.45) is 7.82. The highest BCUT2D eigenvalue weighted by atomic mass is 32.2. The van der Waals surface area contributed by atoms with Gasteiger partial charge in [0.25, 0.3) is 5.72 Å². The van der Waals surface area contributed by atoms with E-state index in [2.05, 4.69) is 58.0 Å². The lowest BCUT2D eigenvalue weighted by Gasteiger charge is -2.26. The molecular formula is C24H29N2OS+. The molecule has 1 fully saturated rings. The van der Waals surface area contributed by atoms with E-state index in [1.807, 2.05) is 17.8 Å². The molecule has 1 aliphatic carbocycles. The van der Waals surface area contributed by atoms with Crippen LogP contribution in [0.5, 0.6) is 0 Å².